The SMILES string of the molecule is Br.CC(=O)Oc1ccc2c([N+](=O)[O-])c(CSC(=Nc3ccccc3)Nc3ccccc3)n(-c3ccccc3)c2c1. The van der Waals surface area contributed by atoms with Gasteiger partial charge in [-0.25, -0.2) is 4.99 Å². The van der Waals surface area contributed by atoms with Gasteiger partial charge in [0.2, 0.25) is 0 Å². The van der Waals surface area contributed by atoms with Crippen LogP contribution in [0.1, 0.15) is 12.6 Å². The van der Waals surface area contributed by atoms with Gasteiger partial charge in [0.25, 0.3) is 5.69 Å². The van der Waals surface area contributed by atoms with Crippen LogP contribution in [0.25, 0.3) is 16.6 Å². The molecule has 1 aromatic heterocycles. The summed E-state index contributed by atoms with van der Waals surface area (Å²) in [6.07, 6.45) is 0. The van der Waals surface area contributed by atoms with Crippen molar-refractivity contribution in [3.63, 3.8) is 0 Å². The lowest BCUT2D eigenvalue weighted by Crippen LogP contribution is -2.09. The van der Waals surface area contributed by atoms with Crippen LogP contribution in [-0.4, -0.2) is 20.6 Å². The fourth-order valence-electron chi connectivity index (χ4n) is 4.24. The van der Waals surface area contributed by atoms with Gasteiger partial charge >= 0.3 is 5.97 Å². The number of nitrogens with zero attached hydrogens (tertiary/aromatic N) is 3. The van der Waals surface area contributed by atoms with E-state index in [9.17, 15) is 14.9 Å². The van der Waals surface area contributed by atoms with Crippen molar-refractivity contribution in [3.05, 3.63) is 125 Å². The van der Waals surface area contributed by atoms with E-state index in [1.807, 2.05) is 95.6 Å². The Balaban J connectivity index is 0.00000370. The van der Waals surface area contributed by atoms with Crippen LogP contribution in [0.15, 0.2) is 114 Å². The van der Waals surface area contributed by atoms with Gasteiger partial charge in [-0.15, -0.1) is 17.0 Å². The summed E-state index contributed by atoms with van der Waals surface area (Å²) in [6, 6.07) is 33.4. The van der Waals surface area contributed by atoms with Crippen LogP contribution in [0, 0.1) is 10.1 Å². The quantitative estimate of drug-likeness (QED) is 0.0495. The second kappa shape index (κ2) is 13.1. The molecule has 0 saturated carbocycles. The number of ether oxygens (including phenoxy) is 1. The maximum absolute atomic E-state index is 12.4. The Hall–Kier alpha value is -4.41. The number of anilines is 1. The fraction of sp³-hybridized carbons (Fsp3) is 0.0667. The van der Waals surface area contributed by atoms with Crippen LogP contribution in [-0.2, 0) is 10.5 Å². The number of nitrogens with one attached hydrogen (secondary N) is 1. The summed E-state index contributed by atoms with van der Waals surface area (Å²) in [5, 5.41) is 16.8. The summed E-state index contributed by atoms with van der Waals surface area (Å²) in [6.45, 7) is 1.32. The number of hydrogen-bond acceptors (Lipinski definition) is 6. The number of benzene rings is 4. The first-order valence-electron chi connectivity index (χ1n) is 12.1. The van der Waals surface area contributed by atoms with Gasteiger partial charge in [-0.2, -0.15) is 0 Å². The van der Waals surface area contributed by atoms with E-state index in [1.54, 1.807) is 18.2 Å². The number of halogens is 1. The van der Waals surface area contributed by atoms with Crippen LogP contribution in [0.2, 0.25) is 0 Å². The average molecular weight is 618 g/mol. The minimum Gasteiger partial charge on any atom is -0.427 e. The van der Waals surface area contributed by atoms with Crippen molar-refractivity contribution in [2.45, 2.75) is 12.7 Å². The number of aromatic nitrogens is 1. The number of hydrogen-bond donors (Lipinski definition) is 1. The molecular formula is C30H25BrN4O4S. The highest BCUT2D eigenvalue weighted by molar-refractivity contribution is 8.93. The Morgan fingerprint density at radius 1 is 0.950 bits per heavy atom. The van der Waals surface area contributed by atoms with Crippen LogP contribution in [0.4, 0.5) is 17.1 Å². The van der Waals surface area contributed by atoms with Gasteiger partial charge in [0.1, 0.15) is 11.4 Å². The Bertz CT molecular complexity index is 1660. The molecule has 5 rings (SSSR count). The predicted octanol–water partition coefficient (Wildman–Crippen LogP) is 8.07. The van der Waals surface area contributed by atoms with E-state index >= 15 is 0 Å². The van der Waals surface area contributed by atoms with Crippen molar-refractivity contribution in [3.8, 4) is 11.4 Å². The van der Waals surface area contributed by atoms with Crippen molar-refractivity contribution in [1.29, 1.82) is 0 Å². The number of nitro groups is 1. The molecule has 0 saturated heterocycles. The number of aliphatic imine (C=N–C) groups is 1. The summed E-state index contributed by atoms with van der Waals surface area (Å²) in [5.74, 6) is 0.0935. The standard InChI is InChI=1S/C30H24N4O4S.BrH/c1-21(35)38-25-17-18-26-27(19-25)33(24-15-9-4-10-16-24)28(29(26)34(36)37)20-39-30(31-22-11-5-2-6-12-22)32-23-13-7-3-8-14-23;/h2-19H,20H2,1H3,(H,31,32);1H. The molecule has 4 aromatic carbocycles. The van der Waals surface area contributed by atoms with Crippen LogP contribution < -0.4 is 10.1 Å². The molecule has 0 aliphatic carbocycles. The Morgan fingerprint density at radius 3 is 2.20 bits per heavy atom. The second-order valence-electron chi connectivity index (χ2n) is 8.53. The lowest BCUT2D eigenvalue weighted by Gasteiger charge is -2.13. The van der Waals surface area contributed by atoms with E-state index in [0.29, 0.717) is 27.5 Å². The van der Waals surface area contributed by atoms with Crippen LogP contribution in [0.3, 0.4) is 0 Å². The molecule has 1 heterocycles. The molecule has 0 amide bonds. The largest absolute Gasteiger partial charge is 0.427 e. The minimum absolute atomic E-state index is 0. The third-order valence-electron chi connectivity index (χ3n) is 5.82. The molecule has 0 spiro atoms. The number of fused-ring (bicyclic) bond motifs is 1. The third-order valence-corrected chi connectivity index (χ3v) is 6.71. The number of carbonyl (C=O) groups is 1. The smallest absolute Gasteiger partial charge is 0.308 e. The molecule has 0 aliphatic rings. The van der Waals surface area contributed by atoms with E-state index in [4.69, 9.17) is 9.73 Å². The summed E-state index contributed by atoms with van der Waals surface area (Å²) >= 11 is 1.36. The third kappa shape index (κ3) is 6.59. The molecule has 0 bridgehead atoms. The summed E-state index contributed by atoms with van der Waals surface area (Å²) in [7, 11) is 0. The first-order chi connectivity index (χ1) is 19.0. The van der Waals surface area contributed by atoms with Gasteiger partial charge < -0.3 is 14.6 Å². The lowest BCUT2D eigenvalue weighted by atomic mass is 10.2. The molecule has 0 aliphatic heterocycles. The number of thioether (sulfide) groups is 1. The van der Waals surface area contributed by atoms with E-state index in [0.717, 1.165) is 17.1 Å². The van der Waals surface area contributed by atoms with Crippen molar-refractivity contribution in [2.75, 3.05) is 5.32 Å². The first-order valence-corrected chi connectivity index (χ1v) is 13.1. The second-order valence-corrected chi connectivity index (χ2v) is 9.49. The molecule has 0 fully saturated rings. The normalized spacial score (nSPS) is 11.1. The Labute approximate surface area is 245 Å². The molecule has 202 valence electrons. The van der Waals surface area contributed by atoms with Crippen molar-refractivity contribution < 1.29 is 14.5 Å². The molecule has 0 radical (unpaired) electrons. The monoisotopic (exact) mass is 616 g/mol. The van der Waals surface area contributed by atoms with Crippen LogP contribution >= 0.6 is 28.7 Å². The van der Waals surface area contributed by atoms with Gasteiger partial charge in [0.05, 0.1) is 21.5 Å². The maximum Gasteiger partial charge on any atom is 0.308 e. The van der Waals surface area contributed by atoms with Gasteiger partial charge in [-0.1, -0.05) is 66.4 Å². The van der Waals surface area contributed by atoms with Gasteiger partial charge in [0, 0.05) is 30.1 Å². The van der Waals surface area contributed by atoms with E-state index in [2.05, 4.69) is 5.32 Å². The van der Waals surface area contributed by atoms with Gasteiger partial charge in [-0.05, 0) is 48.5 Å². The van der Waals surface area contributed by atoms with Gasteiger partial charge in [-0.3, -0.25) is 14.9 Å². The van der Waals surface area contributed by atoms with E-state index in [-0.39, 0.29) is 33.3 Å². The maximum atomic E-state index is 12.4. The van der Waals surface area contributed by atoms with Gasteiger partial charge in [0.15, 0.2) is 5.17 Å². The number of rotatable bonds is 7. The van der Waals surface area contributed by atoms with Crippen molar-refractivity contribution >= 4 is 67.8 Å². The molecule has 0 unspecified atom stereocenters. The number of esters is 1. The number of carbonyl (C=O) groups excluding carboxylic acids is 1. The summed E-state index contributed by atoms with van der Waals surface area (Å²) in [4.78, 5) is 28.4. The molecule has 40 heavy (non-hydrogen) atoms. The zero-order valence-electron chi connectivity index (χ0n) is 21.4. The summed E-state index contributed by atoms with van der Waals surface area (Å²) in [5.41, 5.74) is 3.41. The molecule has 10 heteroatoms. The van der Waals surface area contributed by atoms with Crippen molar-refractivity contribution in [1.82, 2.24) is 4.57 Å². The lowest BCUT2D eigenvalue weighted by molar-refractivity contribution is -0.383. The Morgan fingerprint density at radius 2 is 1.57 bits per heavy atom. The minimum atomic E-state index is -0.466. The fourth-order valence-corrected chi connectivity index (χ4v) is 5.14. The molecular weight excluding hydrogens is 592 g/mol. The highest BCUT2D eigenvalue weighted by Gasteiger charge is 2.28. The van der Waals surface area contributed by atoms with E-state index < -0.39 is 5.97 Å². The van der Waals surface area contributed by atoms with E-state index in [1.165, 1.54) is 18.7 Å². The summed E-state index contributed by atoms with van der Waals surface area (Å²) < 4.78 is 7.14. The zero-order chi connectivity index (χ0) is 27.2. The average Bonchev–Trinajstić information content (AvgIpc) is 3.26. The van der Waals surface area contributed by atoms with Crippen LogP contribution in [0.5, 0.6) is 5.75 Å². The molecule has 1 N–H and O–H groups in total. The molecule has 8 nitrogen and oxygen atoms in total. The first kappa shape index (κ1) is 28.6. The highest BCUT2D eigenvalue weighted by atomic mass is 79.9. The molecule has 5 aromatic rings. The van der Waals surface area contributed by atoms with Crippen molar-refractivity contribution in [2.24, 2.45) is 4.99 Å². The Kier molecular flexibility index (Phi) is 9.36. The number of amidine groups is 1. The predicted molar refractivity (Wildman–Crippen MR) is 166 cm³/mol. The zero-order valence-corrected chi connectivity index (χ0v) is 23.9. The number of para-hydroxylation sites is 3. The molecule has 0 atom stereocenters. The highest BCUT2D eigenvalue weighted by Crippen LogP contribution is 2.39. The topological polar surface area (TPSA) is 98.8 Å².